The SMILES string of the molecule is C=CCN1C(=O)N[C@H](c2ccc(C(F)(F)F)cc2)C2=C1CN([C@H](Cc1ccccc1)C(=O)NC[C@@H]1CCCO1)C2=O. The number of rotatable bonds is 9. The molecule has 3 atom stereocenters. The highest BCUT2D eigenvalue weighted by Crippen LogP contribution is 2.38. The van der Waals surface area contributed by atoms with Crippen LogP contribution in [0, 0.1) is 0 Å². The molecule has 0 radical (unpaired) electrons. The minimum Gasteiger partial charge on any atom is -0.376 e. The van der Waals surface area contributed by atoms with Crippen LogP contribution in [0.15, 0.2) is 78.5 Å². The minimum absolute atomic E-state index is 0.0165. The number of benzene rings is 2. The topological polar surface area (TPSA) is 91.0 Å². The maximum Gasteiger partial charge on any atom is 0.416 e. The summed E-state index contributed by atoms with van der Waals surface area (Å²) in [5.41, 5.74) is 0.953. The molecule has 41 heavy (non-hydrogen) atoms. The molecule has 1 fully saturated rings. The van der Waals surface area contributed by atoms with E-state index in [1.807, 2.05) is 30.3 Å². The number of carbonyl (C=O) groups is 3. The average Bonchev–Trinajstić information content (AvgIpc) is 3.60. The van der Waals surface area contributed by atoms with Crippen LogP contribution in [0.5, 0.6) is 0 Å². The van der Waals surface area contributed by atoms with Crippen molar-refractivity contribution in [3.05, 3.63) is 95.2 Å². The summed E-state index contributed by atoms with van der Waals surface area (Å²) in [6.07, 6.45) is -1.11. The van der Waals surface area contributed by atoms with Crippen molar-refractivity contribution in [3.8, 4) is 0 Å². The summed E-state index contributed by atoms with van der Waals surface area (Å²) in [5.74, 6) is -0.814. The van der Waals surface area contributed by atoms with Crippen LogP contribution in [-0.2, 0) is 26.9 Å². The van der Waals surface area contributed by atoms with Gasteiger partial charge in [-0.2, -0.15) is 13.2 Å². The third-order valence-electron chi connectivity index (χ3n) is 7.61. The third-order valence-corrected chi connectivity index (χ3v) is 7.61. The molecule has 0 spiro atoms. The zero-order valence-electron chi connectivity index (χ0n) is 22.3. The molecule has 4 amide bonds. The van der Waals surface area contributed by atoms with Gasteiger partial charge in [0.2, 0.25) is 5.91 Å². The minimum atomic E-state index is -4.53. The lowest BCUT2D eigenvalue weighted by molar-refractivity contribution is -0.137. The number of hydrogen-bond acceptors (Lipinski definition) is 4. The fraction of sp³-hybridized carbons (Fsp3) is 0.367. The quantitative estimate of drug-likeness (QED) is 0.448. The Morgan fingerprint density at radius 3 is 2.51 bits per heavy atom. The smallest absolute Gasteiger partial charge is 0.376 e. The molecule has 2 aromatic rings. The van der Waals surface area contributed by atoms with Crippen LogP contribution in [-0.4, -0.2) is 66.0 Å². The summed E-state index contributed by atoms with van der Waals surface area (Å²) in [6, 6.07) is 11.3. The van der Waals surface area contributed by atoms with E-state index in [0.717, 1.165) is 30.5 Å². The van der Waals surface area contributed by atoms with Crippen molar-refractivity contribution >= 4 is 17.8 Å². The summed E-state index contributed by atoms with van der Waals surface area (Å²) >= 11 is 0. The van der Waals surface area contributed by atoms with Gasteiger partial charge in [0.15, 0.2) is 0 Å². The van der Waals surface area contributed by atoms with Crippen LogP contribution in [0.25, 0.3) is 0 Å². The molecular weight excluding hydrogens is 537 g/mol. The van der Waals surface area contributed by atoms with Crippen molar-refractivity contribution < 1.29 is 32.3 Å². The van der Waals surface area contributed by atoms with Gasteiger partial charge in [-0.05, 0) is 36.1 Å². The van der Waals surface area contributed by atoms with Crippen molar-refractivity contribution in [2.45, 2.75) is 43.6 Å². The van der Waals surface area contributed by atoms with E-state index in [9.17, 15) is 27.6 Å². The van der Waals surface area contributed by atoms with Crippen LogP contribution in [0.4, 0.5) is 18.0 Å². The maximum absolute atomic E-state index is 14.1. The Morgan fingerprint density at radius 2 is 1.88 bits per heavy atom. The summed E-state index contributed by atoms with van der Waals surface area (Å²) in [7, 11) is 0. The number of hydrogen-bond donors (Lipinski definition) is 2. The molecule has 0 aliphatic carbocycles. The second-order valence-electron chi connectivity index (χ2n) is 10.3. The number of nitrogens with zero attached hydrogens (tertiary/aromatic N) is 2. The van der Waals surface area contributed by atoms with E-state index < -0.39 is 35.8 Å². The van der Waals surface area contributed by atoms with Gasteiger partial charge in [0.05, 0.1) is 35.5 Å². The molecule has 2 aromatic carbocycles. The molecule has 0 unspecified atom stereocenters. The van der Waals surface area contributed by atoms with Gasteiger partial charge in [0, 0.05) is 26.1 Å². The van der Waals surface area contributed by atoms with Crippen LogP contribution in [0.3, 0.4) is 0 Å². The van der Waals surface area contributed by atoms with Gasteiger partial charge < -0.3 is 20.3 Å². The molecular formula is C30H31F3N4O4. The Bertz CT molecular complexity index is 1340. The summed E-state index contributed by atoms with van der Waals surface area (Å²) in [5, 5.41) is 5.70. The molecule has 216 valence electrons. The van der Waals surface area contributed by atoms with Gasteiger partial charge in [-0.15, -0.1) is 6.58 Å². The molecule has 8 nitrogen and oxygen atoms in total. The molecule has 11 heteroatoms. The summed E-state index contributed by atoms with van der Waals surface area (Å²) in [6.45, 7) is 4.76. The van der Waals surface area contributed by atoms with E-state index in [1.165, 1.54) is 28.0 Å². The van der Waals surface area contributed by atoms with Crippen LogP contribution < -0.4 is 10.6 Å². The van der Waals surface area contributed by atoms with Crippen molar-refractivity contribution in [2.75, 3.05) is 26.2 Å². The standard InChI is InChI=1S/C30H31F3N4O4/c1-2-14-36-24-18-37(23(16-19-7-4-3-5-8-19)27(38)34-17-22-9-6-15-41-22)28(39)25(24)26(35-29(36)40)20-10-12-21(13-11-20)30(31,32)33/h2-5,7-8,10-13,22-23,26H,1,6,9,14-18H2,(H,34,38)(H,35,40)/t22-,23+,26+/m0/s1. The molecule has 0 aromatic heterocycles. The highest BCUT2D eigenvalue weighted by atomic mass is 19.4. The number of urea groups is 1. The van der Waals surface area contributed by atoms with Gasteiger partial charge >= 0.3 is 12.2 Å². The van der Waals surface area contributed by atoms with Gasteiger partial charge in [-0.1, -0.05) is 48.5 Å². The van der Waals surface area contributed by atoms with Gasteiger partial charge in [-0.3, -0.25) is 14.5 Å². The fourth-order valence-corrected chi connectivity index (χ4v) is 5.52. The van der Waals surface area contributed by atoms with Crippen LogP contribution in [0.1, 0.15) is 35.6 Å². The first kappa shape index (κ1) is 28.4. The lowest BCUT2D eigenvalue weighted by Crippen LogP contribution is -2.51. The molecule has 0 saturated carbocycles. The van der Waals surface area contributed by atoms with E-state index in [1.54, 1.807) is 0 Å². The Kier molecular flexibility index (Phi) is 8.16. The average molecular weight is 569 g/mol. The lowest BCUT2D eigenvalue weighted by Gasteiger charge is -2.33. The molecule has 1 saturated heterocycles. The number of ether oxygens (including phenoxy) is 1. The second-order valence-corrected chi connectivity index (χ2v) is 10.3. The van der Waals surface area contributed by atoms with E-state index >= 15 is 0 Å². The normalized spacial score (nSPS) is 21.5. The first-order chi connectivity index (χ1) is 19.7. The molecule has 3 heterocycles. The third kappa shape index (κ3) is 6.00. The Hall–Kier alpha value is -4.12. The predicted molar refractivity (Wildman–Crippen MR) is 144 cm³/mol. The summed E-state index contributed by atoms with van der Waals surface area (Å²) in [4.78, 5) is 43.6. The van der Waals surface area contributed by atoms with Crippen molar-refractivity contribution in [2.24, 2.45) is 0 Å². The number of amides is 4. The highest BCUT2D eigenvalue weighted by molar-refractivity contribution is 6.03. The number of carbonyl (C=O) groups excluding carboxylic acids is 3. The Labute approximate surface area is 235 Å². The molecule has 0 bridgehead atoms. The zero-order chi connectivity index (χ0) is 29.1. The molecule has 2 N–H and O–H groups in total. The first-order valence-electron chi connectivity index (χ1n) is 13.5. The first-order valence-corrected chi connectivity index (χ1v) is 13.5. The van der Waals surface area contributed by atoms with Gasteiger partial charge in [-0.25, -0.2) is 4.79 Å². The second kappa shape index (κ2) is 11.8. The number of alkyl halides is 3. The molecule has 5 rings (SSSR count). The van der Waals surface area contributed by atoms with Crippen LogP contribution in [0.2, 0.25) is 0 Å². The number of nitrogens with one attached hydrogen (secondary N) is 2. The van der Waals surface area contributed by atoms with Crippen molar-refractivity contribution in [1.29, 1.82) is 0 Å². The maximum atomic E-state index is 14.1. The fourth-order valence-electron chi connectivity index (χ4n) is 5.52. The van der Waals surface area contributed by atoms with E-state index in [4.69, 9.17) is 4.74 Å². The van der Waals surface area contributed by atoms with Gasteiger partial charge in [0.25, 0.3) is 5.91 Å². The predicted octanol–water partition coefficient (Wildman–Crippen LogP) is 3.96. The Morgan fingerprint density at radius 1 is 1.15 bits per heavy atom. The molecule has 3 aliphatic heterocycles. The zero-order valence-corrected chi connectivity index (χ0v) is 22.3. The largest absolute Gasteiger partial charge is 0.416 e. The van der Waals surface area contributed by atoms with E-state index in [0.29, 0.717) is 24.4 Å². The van der Waals surface area contributed by atoms with Crippen molar-refractivity contribution in [3.63, 3.8) is 0 Å². The lowest BCUT2D eigenvalue weighted by atomic mass is 9.94. The number of halogens is 3. The summed E-state index contributed by atoms with van der Waals surface area (Å²) < 4.78 is 45.2. The van der Waals surface area contributed by atoms with E-state index in [2.05, 4.69) is 17.2 Å². The van der Waals surface area contributed by atoms with Gasteiger partial charge in [0.1, 0.15) is 6.04 Å². The Balaban J connectivity index is 1.47. The highest BCUT2D eigenvalue weighted by Gasteiger charge is 2.47. The molecule has 3 aliphatic rings. The van der Waals surface area contributed by atoms with Crippen LogP contribution >= 0.6 is 0 Å². The van der Waals surface area contributed by atoms with Crippen molar-refractivity contribution in [1.82, 2.24) is 20.4 Å². The van der Waals surface area contributed by atoms with E-state index in [-0.39, 0.29) is 37.1 Å². The monoisotopic (exact) mass is 568 g/mol.